The fraction of sp³-hybridized carbons (Fsp3) is 0. The molecule has 0 saturated heterocycles. The fourth-order valence-electron chi connectivity index (χ4n) is 8.22. The second-order valence-corrected chi connectivity index (χ2v) is 15.2. The average molecular weight is 720 g/mol. The first-order chi connectivity index (χ1) is 27.2. The normalized spacial score (nSPS) is 11.6. The Balaban J connectivity index is 1.11. The monoisotopic (exact) mass is 719 g/mol. The molecule has 0 aliphatic rings. The minimum absolute atomic E-state index is 0.884. The maximum atomic E-state index is 6.55. The molecule has 0 fully saturated rings. The van der Waals surface area contributed by atoms with E-state index in [4.69, 9.17) is 4.42 Å². The number of thiophene rings is 1. The van der Waals surface area contributed by atoms with Crippen LogP contribution in [0.2, 0.25) is 0 Å². The number of anilines is 3. The number of benzene rings is 9. The molecular formula is C52H33NOS. The van der Waals surface area contributed by atoms with Gasteiger partial charge in [0.05, 0.1) is 5.69 Å². The summed E-state index contributed by atoms with van der Waals surface area (Å²) in [5.41, 5.74) is 12.1. The maximum Gasteiger partial charge on any atom is 0.136 e. The van der Waals surface area contributed by atoms with Crippen LogP contribution in [0.4, 0.5) is 17.1 Å². The Kier molecular flexibility index (Phi) is 7.39. The minimum Gasteiger partial charge on any atom is -0.456 e. The Morgan fingerprint density at radius 2 is 1.02 bits per heavy atom. The van der Waals surface area contributed by atoms with Crippen molar-refractivity contribution in [1.82, 2.24) is 0 Å². The first kappa shape index (κ1) is 31.6. The molecule has 2 nitrogen and oxygen atoms in total. The van der Waals surface area contributed by atoms with Crippen molar-refractivity contribution in [2.75, 3.05) is 4.90 Å². The van der Waals surface area contributed by atoms with Crippen molar-refractivity contribution in [1.29, 1.82) is 0 Å². The van der Waals surface area contributed by atoms with Crippen molar-refractivity contribution in [2.45, 2.75) is 0 Å². The summed E-state index contributed by atoms with van der Waals surface area (Å²) in [6.45, 7) is 0. The molecule has 0 amide bonds. The first-order valence-corrected chi connectivity index (χ1v) is 19.5. The molecule has 0 aliphatic carbocycles. The molecule has 0 aliphatic heterocycles. The third kappa shape index (κ3) is 5.40. The van der Waals surface area contributed by atoms with Crippen molar-refractivity contribution in [3.8, 4) is 33.4 Å². The fourth-order valence-corrected chi connectivity index (χ4v) is 9.31. The number of hydrogen-bond acceptors (Lipinski definition) is 3. The molecule has 11 rings (SSSR count). The summed E-state index contributed by atoms with van der Waals surface area (Å²) >= 11 is 1.85. The van der Waals surface area contributed by atoms with E-state index in [0.717, 1.165) is 50.1 Å². The van der Waals surface area contributed by atoms with Gasteiger partial charge >= 0.3 is 0 Å². The minimum atomic E-state index is 0.884. The van der Waals surface area contributed by atoms with Crippen LogP contribution >= 0.6 is 11.3 Å². The Morgan fingerprint density at radius 1 is 0.364 bits per heavy atom. The lowest BCUT2D eigenvalue weighted by atomic mass is 9.95. The predicted molar refractivity (Wildman–Crippen MR) is 235 cm³/mol. The summed E-state index contributed by atoms with van der Waals surface area (Å²) in [5.74, 6) is 0. The number of hydrogen-bond donors (Lipinski definition) is 0. The SMILES string of the molecule is c1ccc(-c2ccc(N(c3cccc(-c4ccc5sc6ccccc6c5c4)c3)c3ccccc3-c3cccc4oc5cc6ccccc6cc5c34)cc2)cc1. The van der Waals surface area contributed by atoms with Gasteiger partial charge in [-0.1, -0.05) is 133 Å². The molecule has 55 heavy (non-hydrogen) atoms. The summed E-state index contributed by atoms with van der Waals surface area (Å²) in [6, 6.07) is 72.3. The van der Waals surface area contributed by atoms with Crippen molar-refractivity contribution < 1.29 is 4.42 Å². The highest BCUT2D eigenvalue weighted by molar-refractivity contribution is 7.25. The van der Waals surface area contributed by atoms with E-state index in [0.29, 0.717) is 0 Å². The summed E-state index contributed by atoms with van der Waals surface area (Å²) in [7, 11) is 0. The van der Waals surface area contributed by atoms with E-state index in [2.05, 4.69) is 205 Å². The van der Waals surface area contributed by atoms with Gasteiger partial charge in [0.25, 0.3) is 0 Å². The lowest BCUT2D eigenvalue weighted by Gasteiger charge is -2.28. The third-order valence-electron chi connectivity index (χ3n) is 10.8. The van der Waals surface area contributed by atoms with Crippen LogP contribution in [0.15, 0.2) is 205 Å². The van der Waals surface area contributed by atoms with Gasteiger partial charge in [-0.15, -0.1) is 11.3 Å². The molecule has 3 heteroatoms. The second kappa shape index (κ2) is 12.9. The van der Waals surface area contributed by atoms with E-state index in [1.807, 2.05) is 11.3 Å². The first-order valence-electron chi connectivity index (χ1n) is 18.7. The second-order valence-electron chi connectivity index (χ2n) is 14.1. The van der Waals surface area contributed by atoms with Gasteiger partial charge in [-0.25, -0.2) is 0 Å². The van der Waals surface area contributed by atoms with Crippen LogP contribution < -0.4 is 4.90 Å². The number of furan rings is 1. The van der Waals surface area contributed by atoms with Gasteiger partial charge in [0.15, 0.2) is 0 Å². The number of nitrogens with zero attached hydrogens (tertiary/aromatic N) is 1. The lowest BCUT2D eigenvalue weighted by Crippen LogP contribution is -2.11. The van der Waals surface area contributed by atoms with Gasteiger partial charge in [0.1, 0.15) is 11.2 Å². The molecule has 2 heterocycles. The Morgan fingerprint density at radius 3 is 1.91 bits per heavy atom. The summed E-state index contributed by atoms with van der Waals surface area (Å²) in [5, 5.41) is 7.23. The van der Waals surface area contributed by atoms with Crippen LogP contribution in [0.25, 0.3) is 86.3 Å². The van der Waals surface area contributed by atoms with Crippen LogP contribution in [0, 0.1) is 0 Å². The van der Waals surface area contributed by atoms with Gasteiger partial charge in [-0.05, 0) is 105 Å². The van der Waals surface area contributed by atoms with E-state index < -0.39 is 0 Å². The zero-order chi connectivity index (χ0) is 36.3. The van der Waals surface area contributed by atoms with Gasteiger partial charge in [-0.2, -0.15) is 0 Å². The molecule has 9 aromatic carbocycles. The van der Waals surface area contributed by atoms with Crippen molar-refractivity contribution >= 4 is 81.3 Å². The molecule has 11 aromatic rings. The van der Waals surface area contributed by atoms with Crippen molar-refractivity contribution in [2.24, 2.45) is 0 Å². The van der Waals surface area contributed by atoms with Crippen molar-refractivity contribution in [3.63, 3.8) is 0 Å². The van der Waals surface area contributed by atoms with Crippen LogP contribution in [0.5, 0.6) is 0 Å². The summed E-state index contributed by atoms with van der Waals surface area (Å²) < 4.78 is 9.18. The molecule has 2 aromatic heterocycles. The van der Waals surface area contributed by atoms with E-state index >= 15 is 0 Å². The molecule has 0 radical (unpaired) electrons. The van der Waals surface area contributed by atoms with Crippen LogP contribution in [-0.4, -0.2) is 0 Å². The maximum absolute atomic E-state index is 6.55. The topological polar surface area (TPSA) is 16.4 Å². The quantitative estimate of drug-likeness (QED) is 0.170. The molecule has 0 atom stereocenters. The van der Waals surface area contributed by atoms with Crippen LogP contribution in [0.3, 0.4) is 0 Å². The van der Waals surface area contributed by atoms with E-state index in [1.165, 1.54) is 53.2 Å². The van der Waals surface area contributed by atoms with Crippen LogP contribution in [-0.2, 0) is 0 Å². The summed E-state index contributed by atoms with van der Waals surface area (Å²) in [4.78, 5) is 2.41. The molecule has 258 valence electrons. The van der Waals surface area contributed by atoms with Gasteiger partial charge in [0, 0.05) is 47.9 Å². The molecule has 0 spiro atoms. The number of fused-ring (bicyclic) bond motifs is 7. The number of rotatable bonds is 6. The zero-order valence-corrected chi connectivity index (χ0v) is 30.6. The highest BCUT2D eigenvalue weighted by Crippen LogP contribution is 2.46. The third-order valence-corrected chi connectivity index (χ3v) is 12.0. The summed E-state index contributed by atoms with van der Waals surface area (Å²) in [6.07, 6.45) is 0. The van der Waals surface area contributed by atoms with E-state index in [-0.39, 0.29) is 0 Å². The standard InChI is InChI=1S/C52H33NOS/c1-2-12-34(13-3-1)35-24-27-40(28-25-35)53(41-17-10-16-36(30-41)39-26-29-51-45(31-39)43-19-7-9-23-50(43)55-51)47-21-8-6-18-42(47)44-20-11-22-48-52(44)46-32-37-14-4-5-15-38(37)33-49(46)54-48/h1-33H. The average Bonchev–Trinajstić information content (AvgIpc) is 3.81. The number of para-hydroxylation sites is 1. The molecular weight excluding hydrogens is 687 g/mol. The van der Waals surface area contributed by atoms with Gasteiger partial charge < -0.3 is 9.32 Å². The molecule has 0 saturated carbocycles. The molecule has 0 N–H and O–H groups in total. The zero-order valence-electron chi connectivity index (χ0n) is 29.8. The Bertz CT molecular complexity index is 3210. The van der Waals surface area contributed by atoms with Crippen molar-refractivity contribution in [3.05, 3.63) is 200 Å². The van der Waals surface area contributed by atoms with E-state index in [1.54, 1.807) is 0 Å². The predicted octanol–water partition coefficient (Wildman–Crippen LogP) is 15.6. The molecule has 0 bridgehead atoms. The van der Waals surface area contributed by atoms with Gasteiger partial charge in [-0.3, -0.25) is 0 Å². The van der Waals surface area contributed by atoms with Crippen LogP contribution in [0.1, 0.15) is 0 Å². The van der Waals surface area contributed by atoms with E-state index in [9.17, 15) is 0 Å². The Hall–Kier alpha value is -6.94. The highest BCUT2D eigenvalue weighted by Gasteiger charge is 2.21. The highest BCUT2D eigenvalue weighted by atomic mass is 32.1. The smallest absolute Gasteiger partial charge is 0.136 e. The lowest BCUT2D eigenvalue weighted by molar-refractivity contribution is 0.669. The van der Waals surface area contributed by atoms with Gasteiger partial charge in [0.2, 0.25) is 0 Å². The molecule has 0 unspecified atom stereocenters. The largest absolute Gasteiger partial charge is 0.456 e. The Labute approximate surface area is 322 Å².